The predicted octanol–water partition coefficient (Wildman–Crippen LogP) is 6.28. The van der Waals surface area contributed by atoms with Gasteiger partial charge in [0.25, 0.3) is 0 Å². The number of hydrogen-bond acceptors (Lipinski definition) is 10. The van der Waals surface area contributed by atoms with Crippen LogP contribution >= 0.6 is 11.6 Å². The van der Waals surface area contributed by atoms with Crippen molar-refractivity contribution in [1.29, 1.82) is 5.26 Å². The van der Waals surface area contributed by atoms with Gasteiger partial charge in [-0.15, -0.1) is 0 Å². The van der Waals surface area contributed by atoms with Crippen molar-refractivity contribution in [1.82, 2.24) is 24.7 Å². The average molecular weight is 780 g/mol. The van der Waals surface area contributed by atoms with Crippen LogP contribution in [0.15, 0.2) is 42.5 Å². The van der Waals surface area contributed by atoms with E-state index in [1.165, 1.54) is 25.8 Å². The zero-order valence-electron chi connectivity index (χ0n) is 32.1. The van der Waals surface area contributed by atoms with Gasteiger partial charge in [-0.05, 0) is 55.7 Å². The minimum absolute atomic E-state index is 0.0325. The van der Waals surface area contributed by atoms with E-state index in [9.17, 15) is 13.6 Å². The van der Waals surface area contributed by atoms with Gasteiger partial charge in [-0.2, -0.15) is 15.2 Å². The van der Waals surface area contributed by atoms with Crippen LogP contribution in [-0.4, -0.2) is 122 Å². The normalized spacial score (nSPS) is 23.0. The van der Waals surface area contributed by atoms with E-state index in [1.807, 2.05) is 29.2 Å². The number of fused-ring (bicyclic) bond motifs is 3. The molecule has 3 unspecified atom stereocenters. The number of anilines is 1. The van der Waals surface area contributed by atoms with Crippen LogP contribution in [0, 0.1) is 17.1 Å². The second-order valence-corrected chi connectivity index (χ2v) is 14.9. The van der Waals surface area contributed by atoms with Gasteiger partial charge in [-0.1, -0.05) is 41.9 Å². The fourth-order valence-electron chi connectivity index (χ4n) is 8.29. The van der Waals surface area contributed by atoms with Crippen molar-refractivity contribution in [3.8, 4) is 12.1 Å². The number of alkyl halides is 1. The van der Waals surface area contributed by atoms with Gasteiger partial charge in [0.1, 0.15) is 17.8 Å². The highest BCUT2D eigenvalue weighted by molar-refractivity contribution is 6.36. The molecule has 5 aliphatic heterocycles. The van der Waals surface area contributed by atoms with Gasteiger partial charge in [-0.3, -0.25) is 14.6 Å². The summed E-state index contributed by atoms with van der Waals surface area (Å²) < 4.78 is 44.3. The Labute approximate surface area is 327 Å². The Morgan fingerprint density at radius 3 is 2.55 bits per heavy atom. The third kappa shape index (κ3) is 9.91. The predicted molar refractivity (Wildman–Crippen MR) is 209 cm³/mol. The summed E-state index contributed by atoms with van der Waals surface area (Å²) in [7, 11) is 3.32. The fourth-order valence-corrected chi connectivity index (χ4v) is 8.57. The second kappa shape index (κ2) is 19.3. The summed E-state index contributed by atoms with van der Waals surface area (Å²) in [6, 6.07) is 11.5. The lowest BCUT2D eigenvalue weighted by molar-refractivity contribution is -0.126. The van der Waals surface area contributed by atoms with Crippen LogP contribution in [-0.2, 0) is 27.3 Å². The number of amides is 1. The number of piperazine rings is 1. The standard InChI is InChI=1S/C32H37ClFN5O4.C7H12FN.C2H3N/c1-41-22-10-13-37(14-11-22)12-4-7-28(40)38-15-17-39(18-16-38)31-24-20-43-27(19-26(24)35-32(36-31)42-2)23-6-3-5-21-8-9-25(34)30(33)29(21)23;8-6-4-7-2-1-3-9(7)5-6;1-2-3/h3-9,22,27H,10-20H2,1-2H3;6-7H,1-5H2;1H3/b7-4+;;. The van der Waals surface area contributed by atoms with Gasteiger partial charge in [0, 0.05) is 95.9 Å². The number of likely N-dealkylation sites (tertiary alicyclic amines) is 1. The summed E-state index contributed by atoms with van der Waals surface area (Å²) in [5.74, 6) is 0.342. The lowest BCUT2D eigenvalue weighted by Crippen LogP contribution is -2.49. The van der Waals surface area contributed by atoms with Gasteiger partial charge >= 0.3 is 6.01 Å². The molecular weight excluding hydrogens is 728 g/mol. The molecule has 1 amide bonds. The molecule has 11 nitrogen and oxygen atoms in total. The maximum Gasteiger partial charge on any atom is 0.318 e. The topological polar surface area (TPSA) is 107 Å². The summed E-state index contributed by atoms with van der Waals surface area (Å²) in [5.41, 5.74) is 2.57. The van der Waals surface area contributed by atoms with E-state index in [0.29, 0.717) is 63.3 Å². The van der Waals surface area contributed by atoms with Gasteiger partial charge < -0.3 is 24.0 Å². The lowest BCUT2D eigenvalue weighted by atomic mass is 9.94. The first kappa shape index (κ1) is 40.7. The highest BCUT2D eigenvalue weighted by Gasteiger charge is 2.35. The van der Waals surface area contributed by atoms with E-state index in [0.717, 1.165) is 73.5 Å². The van der Waals surface area contributed by atoms with Gasteiger partial charge in [0.15, 0.2) is 0 Å². The van der Waals surface area contributed by atoms with Crippen molar-refractivity contribution >= 4 is 34.1 Å². The Bertz CT molecular complexity index is 1830. The molecule has 8 rings (SSSR count). The first-order valence-electron chi connectivity index (χ1n) is 19.3. The van der Waals surface area contributed by atoms with Crippen LogP contribution in [0.4, 0.5) is 14.6 Å². The second-order valence-electron chi connectivity index (χ2n) is 14.6. The van der Waals surface area contributed by atoms with Crippen LogP contribution in [0.3, 0.4) is 0 Å². The Morgan fingerprint density at radius 2 is 1.84 bits per heavy atom. The summed E-state index contributed by atoms with van der Waals surface area (Å²) in [6.07, 6.45) is 9.01. The molecule has 5 aliphatic rings. The molecule has 2 aromatic carbocycles. The summed E-state index contributed by atoms with van der Waals surface area (Å²) in [4.78, 5) is 31.0. The molecule has 0 aliphatic carbocycles. The number of halogens is 3. The number of benzene rings is 2. The first-order valence-corrected chi connectivity index (χ1v) is 19.7. The number of ether oxygens (including phenoxy) is 3. The highest BCUT2D eigenvalue weighted by atomic mass is 35.5. The summed E-state index contributed by atoms with van der Waals surface area (Å²) in [6.45, 7) is 8.79. The maximum atomic E-state index is 14.4. The number of hydrogen-bond donors (Lipinski definition) is 0. The maximum absolute atomic E-state index is 14.4. The number of methoxy groups -OCH3 is 2. The highest BCUT2D eigenvalue weighted by Crippen LogP contribution is 2.40. The Morgan fingerprint density at radius 1 is 1.07 bits per heavy atom. The van der Waals surface area contributed by atoms with Crippen LogP contribution in [0.1, 0.15) is 62.0 Å². The van der Waals surface area contributed by atoms with Crippen LogP contribution < -0.4 is 9.64 Å². The summed E-state index contributed by atoms with van der Waals surface area (Å²) >= 11 is 6.41. The Kier molecular flexibility index (Phi) is 14.3. The third-order valence-corrected chi connectivity index (χ3v) is 11.6. The van der Waals surface area contributed by atoms with Crippen LogP contribution in [0.2, 0.25) is 5.02 Å². The zero-order valence-corrected chi connectivity index (χ0v) is 32.8. The molecular formula is C41H52ClF2N7O4. The quantitative estimate of drug-likeness (QED) is 0.255. The van der Waals surface area contributed by atoms with Crippen molar-refractivity contribution < 1.29 is 27.8 Å². The molecule has 3 aromatic rings. The number of rotatable bonds is 7. The number of nitrogens with zero attached hydrogens (tertiary/aromatic N) is 7. The number of aromatic nitrogens is 2. The van der Waals surface area contributed by atoms with Gasteiger partial charge in [-0.25, -0.2) is 8.78 Å². The smallest absolute Gasteiger partial charge is 0.318 e. The largest absolute Gasteiger partial charge is 0.467 e. The van der Waals surface area contributed by atoms with E-state index < -0.39 is 12.0 Å². The zero-order chi connectivity index (χ0) is 38.9. The van der Waals surface area contributed by atoms with E-state index in [-0.39, 0.29) is 23.0 Å². The molecule has 0 spiro atoms. The molecule has 55 heavy (non-hydrogen) atoms. The van der Waals surface area contributed by atoms with E-state index in [4.69, 9.17) is 36.1 Å². The van der Waals surface area contributed by atoms with E-state index in [2.05, 4.69) is 19.7 Å². The number of piperidine rings is 1. The number of carbonyl (C=O) groups is 1. The molecule has 0 N–H and O–H groups in total. The van der Waals surface area contributed by atoms with E-state index in [1.54, 1.807) is 32.4 Å². The van der Waals surface area contributed by atoms with Crippen LogP contribution in [0.25, 0.3) is 10.8 Å². The van der Waals surface area contributed by atoms with Crippen molar-refractivity contribution in [2.45, 2.75) is 76.5 Å². The molecule has 0 bridgehead atoms. The third-order valence-electron chi connectivity index (χ3n) is 11.2. The number of carbonyl (C=O) groups excluding carboxylic acids is 1. The molecule has 296 valence electrons. The molecule has 4 fully saturated rings. The molecule has 3 atom stereocenters. The Balaban J connectivity index is 0.000000365. The van der Waals surface area contributed by atoms with Crippen molar-refractivity contribution in [3.63, 3.8) is 0 Å². The first-order chi connectivity index (χ1) is 26.7. The van der Waals surface area contributed by atoms with Gasteiger partial charge in [0.05, 0.1) is 42.7 Å². The van der Waals surface area contributed by atoms with E-state index >= 15 is 0 Å². The van der Waals surface area contributed by atoms with Crippen molar-refractivity contribution in [2.24, 2.45) is 0 Å². The van der Waals surface area contributed by atoms with Crippen molar-refractivity contribution in [3.05, 3.63) is 70.1 Å². The average Bonchev–Trinajstić information content (AvgIpc) is 3.80. The molecule has 14 heteroatoms. The minimum atomic E-state index is -0.518. The minimum Gasteiger partial charge on any atom is -0.467 e. The van der Waals surface area contributed by atoms with Crippen LogP contribution in [0.5, 0.6) is 6.01 Å². The monoisotopic (exact) mass is 779 g/mol. The molecule has 0 radical (unpaired) electrons. The Hall–Kier alpha value is -3.93. The molecule has 6 heterocycles. The van der Waals surface area contributed by atoms with Gasteiger partial charge in [0.2, 0.25) is 5.91 Å². The van der Waals surface area contributed by atoms with Crippen molar-refractivity contribution in [2.75, 3.05) is 78.0 Å². The molecule has 4 saturated heterocycles. The molecule has 1 aromatic heterocycles. The lowest BCUT2D eigenvalue weighted by Gasteiger charge is -2.37. The molecule has 0 saturated carbocycles. The fraction of sp³-hybridized carbons (Fsp3) is 0.561. The number of nitriles is 1. The summed E-state index contributed by atoms with van der Waals surface area (Å²) in [5, 5.41) is 8.93. The SMILES string of the molecule is CC#N.COc1nc2c(c(N3CCN(C(=O)/C=C/CN4CCC(OC)CC4)CC3)n1)COC(c1cccc3ccc(F)c(Cl)c13)C2.FC1CC2CCCN2C1.